The zero-order valence-corrected chi connectivity index (χ0v) is 18.3. The highest BCUT2D eigenvalue weighted by Crippen LogP contribution is 2.27. The maximum atomic E-state index is 13.0. The van der Waals surface area contributed by atoms with E-state index in [4.69, 9.17) is 21.8 Å². The Balaban J connectivity index is 0.000000390. The molecular formula is C20H19ClN4O6S. The molecule has 0 amide bonds. The summed E-state index contributed by atoms with van der Waals surface area (Å²) >= 11 is 6.23. The summed E-state index contributed by atoms with van der Waals surface area (Å²) < 4.78 is 27.4. The van der Waals surface area contributed by atoms with Crippen LogP contribution < -0.4 is 5.32 Å². The first-order valence-electron chi connectivity index (χ1n) is 8.94. The van der Waals surface area contributed by atoms with Crippen molar-refractivity contribution >= 4 is 33.4 Å². The number of sulfone groups is 1. The lowest BCUT2D eigenvalue weighted by Crippen LogP contribution is -2.10. The quantitative estimate of drug-likeness (QED) is 0.434. The van der Waals surface area contributed by atoms with Crippen molar-refractivity contribution in [1.82, 2.24) is 20.1 Å². The minimum atomic E-state index is -3.76. The summed E-state index contributed by atoms with van der Waals surface area (Å²) in [7, 11) is -1.99. The summed E-state index contributed by atoms with van der Waals surface area (Å²) in [6.45, 7) is 0.441. The van der Waals surface area contributed by atoms with Gasteiger partial charge in [0, 0.05) is 37.2 Å². The fraction of sp³-hybridized carbons (Fsp3) is 0.100. The van der Waals surface area contributed by atoms with Crippen molar-refractivity contribution in [2.24, 2.45) is 0 Å². The van der Waals surface area contributed by atoms with Gasteiger partial charge in [0.25, 0.3) is 0 Å². The Morgan fingerprint density at radius 2 is 1.69 bits per heavy atom. The van der Waals surface area contributed by atoms with Crippen molar-refractivity contribution in [1.29, 1.82) is 0 Å². The SMILES string of the molecule is CNCc1cc(S(=O)(=O)c2ccncc2)n(-c2ccccc2Cl)n1.O=C(O)C=CC(=O)O. The average molecular weight is 479 g/mol. The average Bonchev–Trinajstić information content (AvgIpc) is 3.18. The van der Waals surface area contributed by atoms with Crippen molar-refractivity contribution in [2.75, 3.05) is 7.05 Å². The number of nitrogens with zero attached hydrogens (tertiary/aromatic N) is 3. The number of halogens is 1. The van der Waals surface area contributed by atoms with Gasteiger partial charge in [0.05, 0.1) is 21.3 Å². The van der Waals surface area contributed by atoms with E-state index in [2.05, 4.69) is 15.4 Å². The molecule has 3 aromatic rings. The van der Waals surface area contributed by atoms with Gasteiger partial charge in [0.2, 0.25) is 9.84 Å². The summed E-state index contributed by atoms with van der Waals surface area (Å²) in [5.41, 5.74) is 1.11. The maximum absolute atomic E-state index is 13.0. The molecule has 168 valence electrons. The van der Waals surface area contributed by atoms with E-state index in [1.54, 1.807) is 37.4 Å². The van der Waals surface area contributed by atoms with Crippen LogP contribution in [0.4, 0.5) is 0 Å². The van der Waals surface area contributed by atoms with Crippen LogP contribution in [0, 0.1) is 0 Å². The van der Waals surface area contributed by atoms with Crippen molar-refractivity contribution in [3.63, 3.8) is 0 Å². The first kappa shape index (κ1) is 24.7. The molecule has 2 heterocycles. The Bertz CT molecular complexity index is 1210. The second kappa shape index (κ2) is 11.2. The van der Waals surface area contributed by atoms with Crippen molar-refractivity contribution in [3.8, 4) is 5.69 Å². The van der Waals surface area contributed by atoms with E-state index in [-0.39, 0.29) is 9.92 Å². The topological polar surface area (TPSA) is 151 Å². The molecule has 1 aromatic carbocycles. The fourth-order valence-corrected chi connectivity index (χ4v) is 4.04. The van der Waals surface area contributed by atoms with Crippen LogP contribution in [0.15, 0.2) is 76.9 Å². The minimum absolute atomic E-state index is 0.0621. The summed E-state index contributed by atoms with van der Waals surface area (Å²) in [5.74, 6) is -2.51. The molecule has 0 radical (unpaired) electrons. The molecule has 12 heteroatoms. The number of aliphatic carboxylic acids is 2. The normalized spacial score (nSPS) is 11.1. The van der Waals surface area contributed by atoms with Gasteiger partial charge in [-0.05, 0) is 31.3 Å². The molecule has 10 nitrogen and oxygen atoms in total. The zero-order valence-electron chi connectivity index (χ0n) is 16.7. The van der Waals surface area contributed by atoms with Crippen LogP contribution in [0.1, 0.15) is 5.69 Å². The number of aromatic nitrogens is 3. The number of pyridine rings is 1. The summed E-state index contributed by atoms with van der Waals surface area (Å²) in [6.07, 6.45) is 4.00. The molecule has 0 bridgehead atoms. The second-order valence-corrected chi connectivity index (χ2v) is 8.37. The second-order valence-electron chi connectivity index (χ2n) is 6.06. The largest absolute Gasteiger partial charge is 0.478 e. The van der Waals surface area contributed by atoms with Crippen LogP contribution in [-0.2, 0) is 26.0 Å². The molecule has 2 aromatic heterocycles. The van der Waals surface area contributed by atoms with Crippen molar-refractivity contribution in [3.05, 3.63) is 77.7 Å². The Morgan fingerprint density at radius 1 is 1.09 bits per heavy atom. The van der Waals surface area contributed by atoms with Crippen LogP contribution in [0.25, 0.3) is 5.69 Å². The first-order chi connectivity index (χ1) is 15.2. The number of hydrogen-bond donors (Lipinski definition) is 3. The van der Waals surface area contributed by atoms with Crippen molar-refractivity contribution in [2.45, 2.75) is 16.5 Å². The predicted octanol–water partition coefficient (Wildman–Crippen LogP) is 2.18. The molecule has 32 heavy (non-hydrogen) atoms. The van der Waals surface area contributed by atoms with E-state index in [0.717, 1.165) is 0 Å². The van der Waals surface area contributed by atoms with Gasteiger partial charge in [-0.3, -0.25) is 4.98 Å². The number of benzene rings is 1. The Morgan fingerprint density at radius 3 is 2.22 bits per heavy atom. The van der Waals surface area contributed by atoms with Gasteiger partial charge in [-0.1, -0.05) is 23.7 Å². The van der Waals surface area contributed by atoms with Gasteiger partial charge in [-0.15, -0.1) is 0 Å². The molecule has 0 fully saturated rings. The lowest BCUT2D eigenvalue weighted by Gasteiger charge is -2.09. The van der Waals surface area contributed by atoms with E-state index in [9.17, 15) is 18.0 Å². The molecule has 0 aliphatic carbocycles. The number of carboxylic acids is 2. The van der Waals surface area contributed by atoms with Crippen LogP contribution in [0.5, 0.6) is 0 Å². The number of carbonyl (C=O) groups is 2. The Hall–Kier alpha value is -3.54. The van der Waals surface area contributed by atoms with E-state index < -0.39 is 21.8 Å². The maximum Gasteiger partial charge on any atom is 0.328 e. The molecule has 0 aliphatic heterocycles. The highest BCUT2D eigenvalue weighted by Gasteiger charge is 2.25. The summed E-state index contributed by atoms with van der Waals surface area (Å²) in [4.78, 5) is 23.1. The smallest absolute Gasteiger partial charge is 0.328 e. The minimum Gasteiger partial charge on any atom is -0.478 e. The zero-order chi connectivity index (χ0) is 23.7. The number of rotatable bonds is 7. The molecular weight excluding hydrogens is 460 g/mol. The number of hydrogen-bond acceptors (Lipinski definition) is 7. The van der Waals surface area contributed by atoms with E-state index in [1.807, 2.05) is 0 Å². The predicted molar refractivity (Wildman–Crippen MR) is 115 cm³/mol. The van der Waals surface area contributed by atoms with Gasteiger partial charge in [-0.2, -0.15) is 5.10 Å². The highest BCUT2D eigenvalue weighted by atomic mass is 35.5. The lowest BCUT2D eigenvalue weighted by atomic mass is 10.3. The molecule has 3 rings (SSSR count). The third kappa shape index (κ3) is 6.48. The van der Waals surface area contributed by atoms with E-state index in [0.29, 0.717) is 35.1 Å². The van der Waals surface area contributed by atoms with Crippen LogP contribution >= 0.6 is 11.6 Å². The molecule has 0 saturated carbocycles. The number of nitrogens with one attached hydrogen (secondary N) is 1. The van der Waals surface area contributed by atoms with Gasteiger partial charge in [-0.25, -0.2) is 22.7 Å². The van der Waals surface area contributed by atoms with E-state index in [1.165, 1.54) is 29.2 Å². The Kier molecular flexibility index (Phi) is 8.64. The standard InChI is InChI=1S/C16H15ClN4O2S.C4H4O4/c1-18-11-12-10-16(24(22,23)13-6-8-19-9-7-13)21(20-12)15-5-3-2-4-14(15)17;5-3(6)1-2-4(7)8/h2-10,18H,11H2,1H3;1-2H,(H,5,6)(H,7,8). The number of carboxylic acid groups (broad SMARTS) is 2. The Labute approximate surface area is 188 Å². The molecule has 3 N–H and O–H groups in total. The van der Waals surface area contributed by atoms with Gasteiger partial charge < -0.3 is 15.5 Å². The summed E-state index contributed by atoms with van der Waals surface area (Å²) in [6, 6.07) is 11.4. The molecule has 0 aliphatic rings. The van der Waals surface area contributed by atoms with Gasteiger partial charge in [0.15, 0.2) is 5.03 Å². The van der Waals surface area contributed by atoms with Gasteiger partial charge in [0.1, 0.15) is 0 Å². The molecule has 0 spiro atoms. The van der Waals surface area contributed by atoms with Crippen molar-refractivity contribution < 1.29 is 28.2 Å². The molecule has 0 unspecified atom stereocenters. The number of para-hydroxylation sites is 1. The monoisotopic (exact) mass is 478 g/mol. The first-order valence-corrected chi connectivity index (χ1v) is 10.8. The lowest BCUT2D eigenvalue weighted by molar-refractivity contribution is -0.134. The van der Waals surface area contributed by atoms with Crippen LogP contribution in [-0.4, -0.2) is 52.4 Å². The molecule has 0 saturated heterocycles. The third-order valence-electron chi connectivity index (χ3n) is 3.77. The van der Waals surface area contributed by atoms with E-state index >= 15 is 0 Å². The molecule has 0 atom stereocenters. The van der Waals surface area contributed by atoms with Crippen LogP contribution in [0.2, 0.25) is 5.02 Å². The van der Waals surface area contributed by atoms with Crippen LogP contribution in [0.3, 0.4) is 0 Å². The fourth-order valence-electron chi connectivity index (χ4n) is 2.45. The third-order valence-corrected chi connectivity index (χ3v) is 5.82. The highest BCUT2D eigenvalue weighted by molar-refractivity contribution is 7.91. The van der Waals surface area contributed by atoms with Gasteiger partial charge >= 0.3 is 11.9 Å². The summed E-state index contributed by atoms with van der Waals surface area (Å²) in [5, 5.41) is 23.5.